The van der Waals surface area contributed by atoms with Gasteiger partial charge in [-0.3, -0.25) is 106 Å². The largest absolute Gasteiger partial charge is 0.481 e. The fourth-order valence-corrected chi connectivity index (χ4v) is 14.2. The summed E-state index contributed by atoms with van der Waals surface area (Å²) in [6, 6.07) is -29.0. The van der Waals surface area contributed by atoms with Crippen LogP contribution in [0.25, 0.3) is 0 Å². The highest BCUT2D eigenvalue weighted by molar-refractivity contribution is 6.03. The number of carbonyl (C=O) groups is 22. The minimum absolute atomic E-state index is 0.0318. The topological polar surface area (TPSA) is 865 Å². The molecule has 54 nitrogen and oxygen atoms in total. The average molecular weight is 1960 g/mol. The van der Waals surface area contributed by atoms with Gasteiger partial charge in [0.25, 0.3) is 0 Å². The van der Waals surface area contributed by atoms with Gasteiger partial charge >= 0.3 is 11.9 Å². The molecule has 19 atom stereocenters. The molecule has 0 aliphatic carbocycles. The summed E-state index contributed by atoms with van der Waals surface area (Å²) in [6.45, 7) is 13.8. The van der Waals surface area contributed by atoms with E-state index < -0.39 is 322 Å². The molecule has 33 N–H and O–H groups in total. The minimum Gasteiger partial charge on any atom is -0.481 e. The lowest BCUT2D eigenvalue weighted by Gasteiger charge is -2.30. The molecule has 20 amide bonds. The normalized spacial score (nSPS) is 17.3. The Morgan fingerprint density at radius 3 is 1.12 bits per heavy atom. The van der Waals surface area contributed by atoms with Gasteiger partial charge in [-0.15, -0.1) is 0 Å². The van der Waals surface area contributed by atoms with Crippen LogP contribution in [0.5, 0.6) is 0 Å². The van der Waals surface area contributed by atoms with E-state index in [2.05, 4.69) is 79.4 Å². The number of aliphatic hydroxyl groups is 6. The van der Waals surface area contributed by atoms with Crippen molar-refractivity contribution in [3.05, 3.63) is 0 Å². The van der Waals surface area contributed by atoms with Crippen LogP contribution in [0, 0.1) is 35.5 Å². The van der Waals surface area contributed by atoms with Crippen LogP contribution in [0.4, 0.5) is 0 Å². The molecule has 774 valence electrons. The van der Waals surface area contributed by atoms with Crippen LogP contribution in [0.3, 0.4) is 0 Å². The summed E-state index contributed by atoms with van der Waals surface area (Å²) in [5.74, 6) is -27.9. The molecule has 0 radical (unpaired) electrons. The fourth-order valence-electron chi connectivity index (χ4n) is 14.2. The Bertz CT molecular complexity index is 4230. The highest BCUT2D eigenvalue weighted by Gasteiger charge is 2.44. The standard InChI is InChI=1S/C83H142N24O30/c1-36(2)24-44(84)66(120)94-47(26-38(5)6)70(124)105-64(43(14)113)76(130)90-30-58(115)92-45(18-15-21-88-83(86)87)80(134)106-22-16-19-55(106)75(129)95-48(27-57(85)114)69(123)98-53(34-111)74(128)104-61(39(7)8)77(131)91-42(13)65(119)102-62(40(9)10)79(133)100-52(33-110)73(127)99-51(32-109)72(126)97-50(31-108)67(121)89-29-59(116)93-49(28-60(117)118)71(125)103-63(41(11)12)78(132)96-46(25-37(3)4)68(122)101-54(35-112)81(135)107-23-17-20-56(107)82(136)137/h36-56,61-64,108-113H,15-35,84H2,1-14H3,(H2,85,114)(H,89,121)(H,90,130)(H,91,131)(H,92,115)(H,93,116)(H,94,120)(H,95,129)(H,96,132)(H,97,126)(H,98,123)(H,99,127)(H,100,133)(H,101,122)(H,102,119)(H,103,125)(H,104,128)(H,105,124)(H,117,118)(H,136,137)(H4,86,87,88)/t42-,43+,44-,45-,46-,47-,48-,49-,50-,51-,52-,53-,54-,55-,56-,61-,62-,63-,64-/m0/s1. The van der Waals surface area contributed by atoms with Crippen LogP contribution in [0.1, 0.15) is 168 Å². The van der Waals surface area contributed by atoms with E-state index in [-0.39, 0.29) is 88.3 Å². The number of hydrogen-bond acceptors (Lipinski definition) is 30. The van der Waals surface area contributed by atoms with Crippen molar-refractivity contribution in [3.8, 4) is 0 Å². The molecule has 0 aromatic rings. The third kappa shape index (κ3) is 41.0. The highest BCUT2D eigenvalue weighted by Crippen LogP contribution is 2.23. The predicted octanol–water partition coefficient (Wildman–Crippen LogP) is -13.2. The van der Waals surface area contributed by atoms with Crippen LogP contribution in [0.15, 0.2) is 4.99 Å². The Labute approximate surface area is 791 Å². The van der Waals surface area contributed by atoms with Gasteiger partial charge in [-0.1, -0.05) is 83.1 Å². The van der Waals surface area contributed by atoms with Crippen LogP contribution >= 0.6 is 0 Å². The zero-order valence-corrected chi connectivity index (χ0v) is 79.5. The van der Waals surface area contributed by atoms with Crippen LogP contribution < -0.4 is 113 Å². The van der Waals surface area contributed by atoms with Crippen molar-refractivity contribution in [2.75, 3.05) is 65.8 Å². The zero-order valence-electron chi connectivity index (χ0n) is 79.5. The molecule has 0 bridgehead atoms. The predicted molar refractivity (Wildman–Crippen MR) is 482 cm³/mol. The monoisotopic (exact) mass is 1960 g/mol. The molecule has 0 unspecified atom stereocenters. The van der Waals surface area contributed by atoms with Crippen molar-refractivity contribution in [2.45, 2.75) is 282 Å². The van der Waals surface area contributed by atoms with E-state index in [9.17, 15) is 146 Å². The maximum atomic E-state index is 14.5. The third-order valence-corrected chi connectivity index (χ3v) is 21.5. The highest BCUT2D eigenvalue weighted by atomic mass is 16.4. The molecule has 2 fully saturated rings. The maximum Gasteiger partial charge on any atom is 0.326 e. The van der Waals surface area contributed by atoms with E-state index in [1.54, 1.807) is 27.7 Å². The summed E-state index contributed by atoms with van der Waals surface area (Å²) in [4.78, 5) is 302. The van der Waals surface area contributed by atoms with Crippen LogP contribution in [-0.2, 0) is 105 Å². The number of primary amides is 1. The van der Waals surface area contributed by atoms with Gasteiger partial charge in [-0.2, -0.15) is 0 Å². The number of rotatable bonds is 60. The smallest absolute Gasteiger partial charge is 0.326 e. The van der Waals surface area contributed by atoms with E-state index in [0.717, 1.165) is 16.7 Å². The molecular formula is C83H142N24O30. The summed E-state index contributed by atoms with van der Waals surface area (Å²) in [5, 5.41) is 120. The number of carboxylic acids is 2. The molecule has 2 heterocycles. The molecule has 0 saturated carbocycles. The van der Waals surface area contributed by atoms with Gasteiger partial charge in [-0.25, -0.2) is 4.79 Å². The minimum atomic E-state index is -2.03. The lowest BCUT2D eigenvalue weighted by Crippen LogP contribution is -2.62. The van der Waals surface area contributed by atoms with E-state index >= 15 is 0 Å². The second-order valence-corrected chi connectivity index (χ2v) is 35.7. The van der Waals surface area contributed by atoms with Gasteiger partial charge in [0.1, 0.15) is 103 Å². The number of hydrogen-bond donors (Lipinski definition) is 29. The quantitative estimate of drug-likeness (QED) is 0.0153. The van der Waals surface area contributed by atoms with Gasteiger partial charge < -0.3 is 164 Å². The molecule has 0 aromatic heterocycles. The van der Waals surface area contributed by atoms with E-state index in [4.69, 9.17) is 22.9 Å². The van der Waals surface area contributed by atoms with Crippen molar-refractivity contribution in [3.63, 3.8) is 0 Å². The van der Waals surface area contributed by atoms with E-state index in [1.807, 2.05) is 29.8 Å². The van der Waals surface area contributed by atoms with E-state index in [1.165, 1.54) is 48.5 Å². The molecule has 137 heavy (non-hydrogen) atoms. The number of nitrogens with zero attached hydrogens (tertiary/aromatic N) is 3. The molecule has 54 heteroatoms. The summed E-state index contributed by atoms with van der Waals surface area (Å²) in [7, 11) is 0. The van der Waals surface area contributed by atoms with Gasteiger partial charge in [0, 0.05) is 19.6 Å². The number of guanidine groups is 1. The molecule has 2 aliphatic rings. The van der Waals surface area contributed by atoms with Gasteiger partial charge in [0.2, 0.25) is 118 Å². The van der Waals surface area contributed by atoms with Crippen molar-refractivity contribution >= 4 is 136 Å². The van der Waals surface area contributed by atoms with Gasteiger partial charge in [0.15, 0.2) is 5.96 Å². The Morgan fingerprint density at radius 1 is 0.358 bits per heavy atom. The van der Waals surface area contributed by atoms with E-state index in [0.29, 0.717) is 12.8 Å². The first-order valence-electron chi connectivity index (χ1n) is 45.0. The summed E-state index contributed by atoms with van der Waals surface area (Å²) < 4.78 is 0. The molecule has 0 aromatic carbocycles. The SMILES string of the molecule is CC(C)C[C@H](NC(=O)[C@@H](NC(=O)[C@H](CC(=O)O)NC(=O)CNC(=O)[C@H](CO)NC(=O)[C@H](CO)NC(=O)[C@H](CO)NC(=O)[C@@H](NC(=O)[C@H](C)NC(=O)[C@@H](NC(=O)[C@H](CO)NC(=O)[C@H](CC(N)=O)NC(=O)[C@@H]1CCCN1C(=O)[C@H](CCCN=C(N)N)NC(=O)CNC(=O)[C@@H](NC(=O)[C@H](CC(C)C)NC(=O)[C@@H](N)CC(C)C)[C@@H](C)O)C(C)C)C(C)C)C(C)C)C(=O)N[C@@H](CO)C(=O)N1CCC[C@H]1C(=O)O. The number of likely N-dealkylation sites (tertiary alicyclic amines) is 2. The molecule has 2 saturated heterocycles. The number of nitrogens with one attached hydrogen (secondary N) is 17. The Hall–Kier alpha value is -12.7. The lowest BCUT2D eigenvalue weighted by atomic mass is 9.99. The first-order valence-corrected chi connectivity index (χ1v) is 45.0. The van der Waals surface area contributed by atoms with Crippen molar-refractivity contribution < 1.29 is 146 Å². The lowest BCUT2D eigenvalue weighted by molar-refractivity contribution is -0.150. The van der Waals surface area contributed by atoms with Crippen molar-refractivity contribution in [2.24, 2.45) is 63.4 Å². The second kappa shape index (κ2) is 59.4. The number of carboxylic acid groups (broad SMARTS) is 2. The summed E-state index contributed by atoms with van der Waals surface area (Å²) >= 11 is 0. The van der Waals surface area contributed by atoms with Crippen molar-refractivity contribution in [1.82, 2.24) is 100 Å². The fraction of sp³-hybridized carbons (Fsp3) is 0.723. The maximum absolute atomic E-state index is 14.5. The number of amides is 20. The molecule has 2 aliphatic heterocycles. The molecule has 2 rings (SSSR count). The van der Waals surface area contributed by atoms with Gasteiger partial charge in [-0.05, 0) is 107 Å². The number of nitrogens with two attached hydrogens (primary N) is 4. The second-order valence-electron chi connectivity index (χ2n) is 35.7. The number of aliphatic hydroxyl groups excluding tert-OH is 6. The summed E-state index contributed by atoms with van der Waals surface area (Å²) in [6.07, 6.45) is -2.79. The first-order chi connectivity index (χ1) is 64.0. The Morgan fingerprint density at radius 2 is 0.701 bits per heavy atom. The average Bonchev–Trinajstić information content (AvgIpc) is 1.72. The number of aliphatic carboxylic acids is 2. The number of carbonyl (C=O) groups excluding carboxylic acids is 20. The summed E-state index contributed by atoms with van der Waals surface area (Å²) in [5.41, 5.74) is 22.5. The first kappa shape index (κ1) is 120. The molecule has 0 spiro atoms. The Balaban J connectivity index is 2.18. The van der Waals surface area contributed by atoms with Crippen molar-refractivity contribution in [1.29, 1.82) is 0 Å². The molecular weight excluding hydrogens is 1810 g/mol. The zero-order chi connectivity index (χ0) is 104. The van der Waals surface area contributed by atoms with Gasteiger partial charge in [0.05, 0.1) is 71.1 Å². The number of aliphatic imine (C=N–C) groups is 1. The van der Waals surface area contributed by atoms with Crippen LogP contribution in [-0.4, -0.2) is 367 Å². The van der Waals surface area contributed by atoms with Crippen LogP contribution in [0.2, 0.25) is 0 Å². The third-order valence-electron chi connectivity index (χ3n) is 21.5. The Kier molecular flexibility index (Phi) is 52.2.